The molecular weight excluding hydrogens is 256 g/mol. The lowest BCUT2D eigenvalue weighted by Gasteiger charge is -2.06. The van der Waals surface area contributed by atoms with Crippen LogP contribution in [0.4, 0.5) is 0 Å². The molecule has 0 aliphatic heterocycles. The Kier molecular flexibility index (Phi) is 8.27. The number of unbranched alkanes of at least 4 members (excludes halogenated alkanes) is 6. The fraction of sp³-hybridized carbons (Fsp3) is 0.562. The van der Waals surface area contributed by atoms with Crippen molar-refractivity contribution in [2.75, 3.05) is 6.61 Å². The smallest absolute Gasteiger partial charge is 0.303 e. The van der Waals surface area contributed by atoms with Crippen LogP contribution in [0.1, 0.15) is 51.4 Å². The quantitative estimate of drug-likeness (QED) is 0.602. The third-order valence-electron chi connectivity index (χ3n) is 3.12. The molecule has 0 unspecified atom stereocenters. The van der Waals surface area contributed by atoms with Crippen LogP contribution in [-0.4, -0.2) is 22.8 Å². The van der Waals surface area contributed by atoms with Gasteiger partial charge in [0.1, 0.15) is 11.5 Å². The number of ether oxygens (including phenoxy) is 1. The second-order valence-electron chi connectivity index (χ2n) is 4.96. The van der Waals surface area contributed by atoms with Crippen molar-refractivity contribution in [2.24, 2.45) is 0 Å². The van der Waals surface area contributed by atoms with Gasteiger partial charge in [-0.25, -0.2) is 0 Å². The summed E-state index contributed by atoms with van der Waals surface area (Å²) in [6.07, 6.45) is 7.64. The van der Waals surface area contributed by atoms with Crippen LogP contribution in [0.2, 0.25) is 0 Å². The normalized spacial score (nSPS) is 10.4. The van der Waals surface area contributed by atoms with Crippen molar-refractivity contribution in [1.29, 1.82) is 0 Å². The third kappa shape index (κ3) is 8.40. The molecule has 0 radical (unpaired) electrons. The Labute approximate surface area is 120 Å². The zero-order valence-corrected chi connectivity index (χ0v) is 11.9. The number of hydrogen-bond donors (Lipinski definition) is 2. The average molecular weight is 280 g/mol. The van der Waals surface area contributed by atoms with E-state index in [2.05, 4.69) is 0 Å². The molecule has 0 amide bonds. The summed E-state index contributed by atoms with van der Waals surface area (Å²) in [4.78, 5) is 10.3. The molecule has 20 heavy (non-hydrogen) atoms. The highest BCUT2D eigenvalue weighted by Crippen LogP contribution is 2.18. The molecule has 0 spiro atoms. The molecule has 0 saturated heterocycles. The van der Waals surface area contributed by atoms with E-state index in [0.717, 1.165) is 44.9 Å². The maximum absolute atomic E-state index is 10.3. The van der Waals surface area contributed by atoms with Gasteiger partial charge in [0, 0.05) is 12.5 Å². The van der Waals surface area contributed by atoms with Crippen molar-refractivity contribution in [3.63, 3.8) is 0 Å². The topological polar surface area (TPSA) is 66.8 Å². The molecule has 2 N–H and O–H groups in total. The summed E-state index contributed by atoms with van der Waals surface area (Å²) in [5.74, 6) is 0.233. The van der Waals surface area contributed by atoms with Crippen molar-refractivity contribution < 1.29 is 19.7 Å². The summed E-state index contributed by atoms with van der Waals surface area (Å²) in [5.41, 5.74) is 0. The van der Waals surface area contributed by atoms with Crippen LogP contribution < -0.4 is 4.74 Å². The number of hydrogen-bond acceptors (Lipinski definition) is 3. The summed E-state index contributed by atoms with van der Waals surface area (Å²) in [6, 6.07) is 6.84. The Morgan fingerprint density at radius 1 is 1.00 bits per heavy atom. The minimum absolute atomic E-state index is 0.226. The Balaban J connectivity index is 1.89. The van der Waals surface area contributed by atoms with E-state index in [0.29, 0.717) is 12.4 Å². The van der Waals surface area contributed by atoms with E-state index >= 15 is 0 Å². The Bertz CT molecular complexity index is 390. The largest absolute Gasteiger partial charge is 0.508 e. The van der Waals surface area contributed by atoms with Crippen LogP contribution in [0, 0.1) is 0 Å². The summed E-state index contributed by atoms with van der Waals surface area (Å²) in [6.45, 7) is 0.669. The fourth-order valence-electron chi connectivity index (χ4n) is 2.03. The lowest BCUT2D eigenvalue weighted by atomic mass is 10.1. The van der Waals surface area contributed by atoms with Gasteiger partial charge in [0.05, 0.1) is 6.61 Å². The van der Waals surface area contributed by atoms with Gasteiger partial charge in [0.2, 0.25) is 0 Å². The van der Waals surface area contributed by atoms with Gasteiger partial charge in [-0.2, -0.15) is 0 Å². The van der Waals surface area contributed by atoms with Crippen LogP contribution in [-0.2, 0) is 4.79 Å². The minimum Gasteiger partial charge on any atom is -0.508 e. The molecule has 1 aromatic rings. The predicted octanol–water partition coefficient (Wildman–Crippen LogP) is 3.98. The molecule has 0 heterocycles. The molecule has 4 heteroatoms. The van der Waals surface area contributed by atoms with Gasteiger partial charge in [0.25, 0.3) is 0 Å². The molecule has 0 saturated carbocycles. The SMILES string of the molecule is O=C(O)CCCCCCCCCOc1cccc(O)c1. The van der Waals surface area contributed by atoms with E-state index in [9.17, 15) is 9.90 Å². The summed E-state index contributed by atoms with van der Waals surface area (Å²) >= 11 is 0. The van der Waals surface area contributed by atoms with Gasteiger partial charge >= 0.3 is 5.97 Å². The van der Waals surface area contributed by atoms with Gasteiger partial charge < -0.3 is 14.9 Å². The Morgan fingerprint density at radius 3 is 2.30 bits per heavy atom. The zero-order chi connectivity index (χ0) is 14.6. The fourth-order valence-corrected chi connectivity index (χ4v) is 2.03. The van der Waals surface area contributed by atoms with Crippen molar-refractivity contribution >= 4 is 5.97 Å². The molecule has 4 nitrogen and oxygen atoms in total. The van der Waals surface area contributed by atoms with Gasteiger partial charge in [-0.3, -0.25) is 4.79 Å². The van der Waals surface area contributed by atoms with Crippen LogP contribution in [0.15, 0.2) is 24.3 Å². The molecule has 0 aliphatic carbocycles. The lowest BCUT2D eigenvalue weighted by molar-refractivity contribution is -0.137. The van der Waals surface area contributed by atoms with Gasteiger partial charge in [-0.1, -0.05) is 38.2 Å². The number of aliphatic carboxylic acids is 1. The maximum Gasteiger partial charge on any atom is 0.303 e. The number of carboxylic acids is 1. The van der Waals surface area contributed by atoms with E-state index in [1.807, 2.05) is 6.07 Å². The van der Waals surface area contributed by atoms with Crippen molar-refractivity contribution in [3.8, 4) is 11.5 Å². The van der Waals surface area contributed by atoms with E-state index in [1.165, 1.54) is 0 Å². The first-order valence-electron chi connectivity index (χ1n) is 7.32. The molecule has 112 valence electrons. The maximum atomic E-state index is 10.3. The monoisotopic (exact) mass is 280 g/mol. The number of rotatable bonds is 11. The van der Waals surface area contributed by atoms with Crippen molar-refractivity contribution in [3.05, 3.63) is 24.3 Å². The number of carbonyl (C=O) groups is 1. The molecule has 1 aromatic carbocycles. The van der Waals surface area contributed by atoms with E-state index in [1.54, 1.807) is 18.2 Å². The first kappa shape index (κ1) is 16.3. The third-order valence-corrected chi connectivity index (χ3v) is 3.12. The van der Waals surface area contributed by atoms with Crippen LogP contribution >= 0.6 is 0 Å². The van der Waals surface area contributed by atoms with Crippen LogP contribution in [0.3, 0.4) is 0 Å². The second kappa shape index (κ2) is 10.1. The Morgan fingerprint density at radius 2 is 1.65 bits per heavy atom. The van der Waals surface area contributed by atoms with Crippen molar-refractivity contribution in [1.82, 2.24) is 0 Å². The van der Waals surface area contributed by atoms with Gasteiger partial charge in [-0.15, -0.1) is 0 Å². The number of phenolic OH excluding ortho intramolecular Hbond substituents is 1. The van der Waals surface area contributed by atoms with E-state index in [4.69, 9.17) is 9.84 Å². The number of benzene rings is 1. The second-order valence-corrected chi connectivity index (χ2v) is 4.96. The first-order valence-corrected chi connectivity index (χ1v) is 7.32. The van der Waals surface area contributed by atoms with Crippen LogP contribution in [0.5, 0.6) is 11.5 Å². The number of carboxylic acid groups (broad SMARTS) is 1. The van der Waals surface area contributed by atoms with Gasteiger partial charge in [-0.05, 0) is 25.0 Å². The van der Waals surface area contributed by atoms with Gasteiger partial charge in [0.15, 0.2) is 0 Å². The average Bonchev–Trinajstić information content (AvgIpc) is 2.40. The predicted molar refractivity (Wildman–Crippen MR) is 78.2 cm³/mol. The number of aromatic hydroxyl groups is 1. The molecule has 0 fully saturated rings. The highest BCUT2D eigenvalue weighted by molar-refractivity contribution is 5.66. The first-order chi connectivity index (χ1) is 9.68. The molecule has 0 bridgehead atoms. The summed E-state index contributed by atoms with van der Waals surface area (Å²) in [5, 5.41) is 17.8. The van der Waals surface area contributed by atoms with E-state index in [-0.39, 0.29) is 12.2 Å². The van der Waals surface area contributed by atoms with E-state index < -0.39 is 5.97 Å². The lowest BCUT2D eigenvalue weighted by Crippen LogP contribution is -1.97. The minimum atomic E-state index is -0.700. The summed E-state index contributed by atoms with van der Waals surface area (Å²) in [7, 11) is 0. The molecular formula is C16H24O4. The number of phenols is 1. The zero-order valence-electron chi connectivity index (χ0n) is 11.9. The highest BCUT2D eigenvalue weighted by Gasteiger charge is 1.97. The molecule has 0 atom stereocenters. The molecule has 0 aliphatic rings. The molecule has 1 rings (SSSR count). The Hall–Kier alpha value is -1.71. The summed E-state index contributed by atoms with van der Waals surface area (Å²) < 4.78 is 5.53. The van der Waals surface area contributed by atoms with Crippen molar-refractivity contribution in [2.45, 2.75) is 51.4 Å². The highest BCUT2D eigenvalue weighted by atomic mass is 16.5. The standard InChI is InChI=1S/C16H24O4/c17-14-9-8-10-15(13-14)20-12-7-5-3-1-2-4-6-11-16(18)19/h8-10,13,17H,1-7,11-12H2,(H,18,19). The van der Waals surface area contributed by atoms with Crippen LogP contribution in [0.25, 0.3) is 0 Å². The molecule has 0 aromatic heterocycles.